The van der Waals surface area contributed by atoms with E-state index in [9.17, 15) is 18.5 Å². The quantitative estimate of drug-likeness (QED) is 0.648. The number of nitrogens with one attached hydrogen (secondary N) is 1. The van der Waals surface area contributed by atoms with Crippen LogP contribution in [0.4, 0.5) is 0 Å². The van der Waals surface area contributed by atoms with Crippen molar-refractivity contribution < 1.29 is 17.8 Å². The third-order valence-electron chi connectivity index (χ3n) is 6.66. The second-order valence-corrected chi connectivity index (χ2v) is 10.3. The molecule has 1 saturated carbocycles. The highest BCUT2D eigenvalue weighted by Crippen LogP contribution is 2.50. The first kappa shape index (κ1) is 24.2. The number of carbonyl (C=O) groups is 1. The molecule has 11 heteroatoms. The van der Waals surface area contributed by atoms with Crippen LogP contribution in [-0.4, -0.2) is 69.5 Å². The van der Waals surface area contributed by atoms with E-state index >= 15 is 0 Å². The lowest BCUT2D eigenvalue weighted by molar-refractivity contribution is -0.130. The lowest BCUT2D eigenvalue weighted by atomic mass is 9.71. The lowest BCUT2D eigenvalue weighted by Crippen LogP contribution is -2.55. The molecule has 1 aliphatic heterocycles. The second kappa shape index (κ2) is 9.41. The van der Waals surface area contributed by atoms with Crippen molar-refractivity contribution in [3.05, 3.63) is 12.7 Å². The summed E-state index contributed by atoms with van der Waals surface area (Å²) in [5.74, 6) is 0.515. The summed E-state index contributed by atoms with van der Waals surface area (Å²) < 4.78 is 27.8. The van der Waals surface area contributed by atoms with Gasteiger partial charge in [0.15, 0.2) is 0 Å². The van der Waals surface area contributed by atoms with Gasteiger partial charge in [-0.05, 0) is 43.9 Å². The molecule has 1 aromatic heterocycles. The number of hydrogen-bond acceptors (Lipinski definition) is 7. The fourth-order valence-electron chi connectivity index (χ4n) is 4.36. The Hall–Kier alpha value is -2.03. The maximum atomic E-state index is 12.6. The first-order valence-electron chi connectivity index (χ1n) is 10.1. The van der Waals surface area contributed by atoms with Gasteiger partial charge in [-0.2, -0.15) is 18.8 Å². The number of rotatable bonds is 5. The Kier molecular flexibility index (Phi) is 7.60. The summed E-state index contributed by atoms with van der Waals surface area (Å²) in [6, 6.07) is 1.99. The van der Waals surface area contributed by atoms with Crippen LogP contribution < -0.4 is 5.32 Å². The maximum absolute atomic E-state index is 12.6. The number of aromatic nitrogens is 3. The minimum absolute atomic E-state index is 0.0267. The van der Waals surface area contributed by atoms with E-state index in [1.54, 1.807) is 17.6 Å². The van der Waals surface area contributed by atoms with E-state index in [1.807, 2.05) is 4.68 Å². The number of carbonyl (C=O) groups excluding carboxylic acids is 1. The highest BCUT2D eigenvalue weighted by molar-refractivity contribution is 7.85. The summed E-state index contributed by atoms with van der Waals surface area (Å²) in [7, 11) is -3.67. The molecule has 0 bridgehead atoms. The molecule has 3 atom stereocenters. The van der Waals surface area contributed by atoms with Crippen molar-refractivity contribution in [3.8, 4) is 6.07 Å². The van der Waals surface area contributed by atoms with Crippen LogP contribution >= 0.6 is 0 Å². The van der Waals surface area contributed by atoms with E-state index < -0.39 is 10.1 Å². The second-order valence-electron chi connectivity index (χ2n) is 8.87. The monoisotopic (exact) mass is 440 g/mol. The van der Waals surface area contributed by atoms with Gasteiger partial charge in [0.25, 0.3) is 10.1 Å². The van der Waals surface area contributed by atoms with E-state index in [-0.39, 0.29) is 22.9 Å². The van der Waals surface area contributed by atoms with Gasteiger partial charge in [-0.15, -0.1) is 0 Å². The minimum Gasteiger partial charge on any atom is -0.326 e. The maximum Gasteiger partial charge on any atom is 0.261 e. The van der Waals surface area contributed by atoms with E-state index in [0.29, 0.717) is 25.3 Å². The van der Waals surface area contributed by atoms with E-state index in [1.165, 1.54) is 0 Å². The predicted octanol–water partition coefficient (Wildman–Crippen LogP) is 1.08. The van der Waals surface area contributed by atoms with Crippen LogP contribution in [0.5, 0.6) is 0 Å². The number of amides is 1. The SMILES string of the molecule is CC1(C)[C@H](Cn2cncn2)CC[C@]1(C)NCC(=O)N1CCCC1C#N.CS(=O)(=O)O. The average Bonchev–Trinajstić information content (AvgIpc) is 3.35. The topological polar surface area (TPSA) is 141 Å². The zero-order valence-electron chi connectivity index (χ0n) is 18.1. The molecule has 2 heterocycles. The van der Waals surface area contributed by atoms with Crippen molar-refractivity contribution in [1.82, 2.24) is 25.0 Å². The predicted molar refractivity (Wildman–Crippen MR) is 111 cm³/mol. The van der Waals surface area contributed by atoms with E-state index in [0.717, 1.165) is 32.2 Å². The Morgan fingerprint density at radius 1 is 1.37 bits per heavy atom. The van der Waals surface area contributed by atoms with Crippen LogP contribution in [0.3, 0.4) is 0 Å². The molecule has 1 aromatic rings. The Labute approximate surface area is 178 Å². The number of hydrogen-bond donors (Lipinski definition) is 2. The Bertz CT molecular complexity index is 856. The van der Waals surface area contributed by atoms with Crippen molar-refractivity contribution in [3.63, 3.8) is 0 Å². The molecule has 1 amide bonds. The molecule has 2 N–H and O–H groups in total. The molecular weight excluding hydrogens is 408 g/mol. The van der Waals surface area contributed by atoms with Crippen LogP contribution in [0.2, 0.25) is 0 Å². The van der Waals surface area contributed by atoms with Crippen molar-refractivity contribution in [1.29, 1.82) is 5.26 Å². The standard InChI is InChI=1S/C18H28N6O.CH4O3S/c1-17(2)14(11-23-13-20-12-22-23)6-7-18(17,3)21-10-16(25)24-8-4-5-15(24)9-19;1-5(2,3)4/h12-15,21H,4-8,10-11H2,1-3H3;1H3,(H,2,3,4)/t14-,15?,18-;/m0./s1. The summed E-state index contributed by atoms with van der Waals surface area (Å²) in [6.07, 6.45) is 7.88. The van der Waals surface area contributed by atoms with Gasteiger partial charge in [-0.1, -0.05) is 13.8 Å². The number of nitrogens with zero attached hydrogens (tertiary/aromatic N) is 5. The molecule has 0 aromatic carbocycles. The van der Waals surface area contributed by atoms with Crippen molar-refractivity contribution in [2.24, 2.45) is 11.3 Å². The zero-order valence-corrected chi connectivity index (χ0v) is 18.9. The van der Waals surface area contributed by atoms with Gasteiger partial charge in [0.05, 0.1) is 18.9 Å². The fraction of sp³-hybridized carbons (Fsp3) is 0.789. The molecule has 0 spiro atoms. The summed E-state index contributed by atoms with van der Waals surface area (Å²) in [5.41, 5.74) is -0.0886. The van der Waals surface area contributed by atoms with Crippen LogP contribution in [0.1, 0.15) is 46.5 Å². The lowest BCUT2D eigenvalue weighted by Gasteiger charge is -2.42. The van der Waals surface area contributed by atoms with Gasteiger partial charge in [0, 0.05) is 18.6 Å². The Morgan fingerprint density at radius 2 is 2.03 bits per heavy atom. The van der Waals surface area contributed by atoms with Gasteiger partial charge in [0.2, 0.25) is 5.91 Å². The fourth-order valence-corrected chi connectivity index (χ4v) is 4.36. The summed E-state index contributed by atoms with van der Waals surface area (Å²) in [4.78, 5) is 18.3. The summed E-state index contributed by atoms with van der Waals surface area (Å²) >= 11 is 0. The molecule has 10 nitrogen and oxygen atoms in total. The largest absolute Gasteiger partial charge is 0.326 e. The first-order chi connectivity index (χ1) is 13.9. The molecule has 30 heavy (non-hydrogen) atoms. The zero-order chi connectivity index (χ0) is 22.6. The molecule has 1 saturated heterocycles. The smallest absolute Gasteiger partial charge is 0.261 e. The van der Waals surface area contributed by atoms with Crippen molar-refractivity contribution >= 4 is 16.0 Å². The van der Waals surface area contributed by atoms with E-state index in [2.05, 4.69) is 42.2 Å². The molecule has 1 unspecified atom stereocenters. The average molecular weight is 441 g/mol. The minimum atomic E-state index is -3.67. The van der Waals surface area contributed by atoms with Gasteiger partial charge >= 0.3 is 0 Å². The summed E-state index contributed by atoms with van der Waals surface area (Å²) in [5, 5.41) is 16.9. The highest BCUT2D eigenvalue weighted by Gasteiger charge is 2.51. The van der Waals surface area contributed by atoms with Crippen LogP contribution in [0, 0.1) is 22.7 Å². The summed E-state index contributed by atoms with van der Waals surface area (Å²) in [6.45, 7) is 8.61. The van der Waals surface area contributed by atoms with Crippen molar-refractivity contribution in [2.75, 3.05) is 19.3 Å². The van der Waals surface area contributed by atoms with Crippen LogP contribution in [0.25, 0.3) is 0 Å². The molecule has 2 aliphatic rings. The first-order valence-corrected chi connectivity index (χ1v) is 11.9. The third kappa shape index (κ3) is 6.00. The van der Waals surface area contributed by atoms with Crippen molar-refractivity contribution in [2.45, 2.75) is 64.6 Å². The molecule has 168 valence electrons. The third-order valence-corrected chi connectivity index (χ3v) is 6.66. The van der Waals surface area contributed by atoms with Crippen LogP contribution in [-0.2, 0) is 21.5 Å². The Morgan fingerprint density at radius 3 is 2.60 bits per heavy atom. The molecular formula is C19H32N6O4S. The normalized spacial score (nSPS) is 27.9. The highest BCUT2D eigenvalue weighted by atomic mass is 32.2. The van der Waals surface area contributed by atoms with Gasteiger partial charge in [0.1, 0.15) is 18.7 Å². The van der Waals surface area contributed by atoms with E-state index in [4.69, 9.17) is 4.55 Å². The van der Waals surface area contributed by atoms with Gasteiger partial charge < -0.3 is 10.2 Å². The van der Waals surface area contributed by atoms with Crippen LogP contribution in [0.15, 0.2) is 12.7 Å². The Balaban J connectivity index is 0.000000575. The molecule has 2 fully saturated rings. The molecule has 1 aliphatic carbocycles. The molecule has 0 radical (unpaired) electrons. The number of nitriles is 1. The number of likely N-dealkylation sites (tertiary alicyclic amines) is 1. The van der Waals surface area contributed by atoms with Gasteiger partial charge in [-0.3, -0.25) is 14.0 Å². The molecule has 3 rings (SSSR count). The van der Waals surface area contributed by atoms with Gasteiger partial charge in [-0.25, -0.2) is 4.98 Å².